The summed E-state index contributed by atoms with van der Waals surface area (Å²) in [7, 11) is -3.55. The lowest BCUT2D eigenvalue weighted by molar-refractivity contribution is 1.04. The molecule has 7 heterocycles. The summed E-state index contributed by atoms with van der Waals surface area (Å²) in [6.45, 7) is 0. The van der Waals surface area contributed by atoms with E-state index in [1.165, 1.54) is 26.7 Å². The van der Waals surface area contributed by atoms with Crippen LogP contribution in [-0.2, 0) is 0 Å². The summed E-state index contributed by atoms with van der Waals surface area (Å²) in [6, 6.07) is 140. The Labute approximate surface area is 629 Å². The Bertz CT molecular complexity index is 7080. The van der Waals surface area contributed by atoms with Crippen LogP contribution < -0.4 is 20.9 Å². The van der Waals surface area contributed by atoms with Gasteiger partial charge in [0.05, 0.1) is 66.9 Å². The molecule has 1 spiro atoms. The highest BCUT2D eigenvalue weighted by Crippen LogP contribution is 2.54. The van der Waals surface area contributed by atoms with E-state index in [0.29, 0.717) is 5.56 Å². The van der Waals surface area contributed by atoms with Crippen molar-refractivity contribution in [1.29, 1.82) is 5.26 Å². The third kappa shape index (κ3) is 8.57. The Balaban J connectivity index is 1.02. The first kappa shape index (κ1) is 60.9. The first-order valence-corrected chi connectivity index (χ1v) is 39.4. The molecule has 0 amide bonds. The van der Waals surface area contributed by atoms with Crippen LogP contribution in [-0.4, -0.2) is 31.3 Å². The largest absolute Gasteiger partial charge is 0.306 e. The molecule has 5 aromatic heterocycles. The van der Waals surface area contributed by atoms with Crippen molar-refractivity contribution in [3.05, 3.63) is 382 Å². The highest BCUT2D eigenvalue weighted by Gasteiger charge is 2.57. The number of fused-ring (bicyclic) bond motifs is 22. The molecular weight excluding hydrogens is 1340 g/mol. The average Bonchev–Trinajstić information content (AvgIpc) is 1.51. The van der Waals surface area contributed by atoms with Gasteiger partial charge in [-0.2, -0.15) is 5.26 Å². The van der Waals surface area contributed by atoms with Gasteiger partial charge in [0.25, 0.3) is 0 Å². The fraction of sp³-hybridized carbons (Fsp3) is 0. The topological polar surface area (TPSA) is 56.4 Å². The zero-order valence-electron chi connectivity index (χ0n) is 59.0. The maximum Gasteiger partial charge on any atom is 0.205 e. The summed E-state index contributed by atoms with van der Waals surface area (Å²) in [5.74, 6) is 0. The highest BCUT2D eigenvalue weighted by molar-refractivity contribution is 7.24. The van der Waals surface area contributed by atoms with Crippen LogP contribution in [0.3, 0.4) is 0 Å². The molecule has 2 aliphatic rings. The number of benzene rings is 16. The van der Waals surface area contributed by atoms with Gasteiger partial charge in [0.1, 0.15) is 11.6 Å². The van der Waals surface area contributed by atoms with E-state index in [1.807, 2.05) is 6.20 Å². The van der Waals surface area contributed by atoms with Gasteiger partial charge in [-0.3, -0.25) is 4.98 Å². The summed E-state index contributed by atoms with van der Waals surface area (Å²) in [6.07, 6.45) is 2.03. The molecule has 109 heavy (non-hydrogen) atoms. The van der Waals surface area contributed by atoms with E-state index in [-0.39, 0.29) is 0 Å². The van der Waals surface area contributed by atoms with Crippen LogP contribution in [0.15, 0.2) is 376 Å². The second-order valence-corrected chi connectivity index (χ2v) is 32.6. The lowest BCUT2D eigenvalue weighted by Crippen LogP contribution is -2.71. The van der Waals surface area contributed by atoms with E-state index in [0.717, 1.165) is 182 Å². The van der Waals surface area contributed by atoms with Gasteiger partial charge < -0.3 is 18.3 Å². The second kappa shape index (κ2) is 23.5. The Morgan fingerprint density at radius 2 is 0.541 bits per heavy atom. The zero-order chi connectivity index (χ0) is 71.6. The van der Waals surface area contributed by atoms with Gasteiger partial charge in [-0.25, -0.2) is 0 Å². The van der Waals surface area contributed by atoms with Crippen molar-refractivity contribution < 1.29 is 0 Å². The minimum Gasteiger partial charge on any atom is -0.306 e. The van der Waals surface area contributed by atoms with Crippen molar-refractivity contribution in [1.82, 2.24) is 23.3 Å². The van der Waals surface area contributed by atoms with Gasteiger partial charge in [0.2, 0.25) is 8.07 Å². The number of nitrogens with zero attached hydrogens (tertiary/aromatic N) is 6. The van der Waals surface area contributed by atoms with E-state index < -0.39 is 8.07 Å². The van der Waals surface area contributed by atoms with Gasteiger partial charge >= 0.3 is 0 Å². The number of hydrogen-bond acceptors (Lipinski definition) is 2. The quantitative estimate of drug-likeness (QED) is 0.135. The molecule has 6 nitrogen and oxygen atoms in total. The van der Waals surface area contributed by atoms with Crippen molar-refractivity contribution in [3.63, 3.8) is 0 Å². The van der Waals surface area contributed by atoms with Crippen LogP contribution in [0.5, 0.6) is 0 Å². The Hall–Kier alpha value is -14.4. The second-order valence-electron chi connectivity index (χ2n) is 29.0. The summed E-state index contributed by atoms with van der Waals surface area (Å²) in [5.41, 5.74) is 27.3. The SMILES string of the molecule is N#Cc1c(-n2c3ccccc3c3cc(-c4ccccc4)ccc32)c(-n2c3ccccc3c3cc(-c4ccccc4)ccc32)c(-c2cccc3c2[Si]2(c4ccccc4-c4ccccc42)c2ncccc2-3)c(-n2c3ccccc3c3cc(-c4ccccc4)ccc32)c1-n1c2ccccc2c2cc(-c3ccccc3)ccc21. The predicted octanol–water partition coefficient (Wildman–Crippen LogP) is 23.0. The van der Waals surface area contributed by atoms with Crippen molar-refractivity contribution in [2.45, 2.75) is 0 Å². The fourth-order valence-electron chi connectivity index (χ4n) is 19.2. The summed E-state index contributed by atoms with van der Waals surface area (Å²) >= 11 is 0. The predicted molar refractivity (Wildman–Crippen MR) is 455 cm³/mol. The van der Waals surface area contributed by atoms with Gasteiger partial charge in [-0.15, -0.1) is 0 Å². The third-order valence-electron chi connectivity index (χ3n) is 23.6. The van der Waals surface area contributed by atoms with Crippen molar-refractivity contribution in [2.24, 2.45) is 0 Å². The maximum atomic E-state index is 13.9. The van der Waals surface area contributed by atoms with Crippen LogP contribution in [0, 0.1) is 11.3 Å². The monoisotopic (exact) mass is 1400 g/mol. The molecule has 0 unspecified atom stereocenters. The first-order valence-electron chi connectivity index (χ1n) is 37.4. The van der Waals surface area contributed by atoms with Gasteiger partial charge in [-0.1, -0.05) is 291 Å². The number of rotatable bonds is 9. The standard InChI is InChI=1S/C102H62N6Si/c103-63-85-97(105-86-44-19-13-35-72(86)81-59-68(50-54-90(81)105)64-27-5-1-6-28-64)99(107-88-46-21-15-37-74(88)83-61-70(52-56-92(83)107)66-31-9-3-10-32-66)96(80-42-25-41-78-79-43-26-58-104-102(79)109(101(78)80)94-48-23-17-39-76(94)77-40-18-24-49-95(77)109)100(108-89-47-22-16-38-75(89)84-62-71(53-57-93(84)108)67-33-11-4-12-34-67)98(85)106-87-45-20-14-36-73(87)82-60-69(51-55-91(82)106)65-29-7-2-8-30-65/h1-62H. The molecule has 0 aliphatic carbocycles. The van der Waals surface area contributed by atoms with Gasteiger partial charge in [0, 0.05) is 60.2 Å². The van der Waals surface area contributed by atoms with Crippen molar-refractivity contribution >= 4 is 116 Å². The summed E-state index contributed by atoms with van der Waals surface area (Å²) in [5, 5.41) is 27.6. The van der Waals surface area contributed by atoms with Crippen molar-refractivity contribution in [3.8, 4) is 107 Å². The molecule has 0 saturated heterocycles. The molecule has 504 valence electrons. The lowest BCUT2D eigenvalue weighted by Gasteiger charge is -2.33. The maximum absolute atomic E-state index is 13.9. The molecule has 0 bridgehead atoms. The highest BCUT2D eigenvalue weighted by atomic mass is 28.3. The number of para-hydroxylation sites is 4. The first-order chi connectivity index (χ1) is 54.1. The normalized spacial score (nSPS) is 12.7. The molecule has 0 saturated carbocycles. The fourth-order valence-corrected chi connectivity index (χ4v) is 24.9. The van der Waals surface area contributed by atoms with Crippen LogP contribution >= 0.6 is 0 Å². The Kier molecular flexibility index (Phi) is 13.2. The van der Waals surface area contributed by atoms with Crippen molar-refractivity contribution in [2.75, 3.05) is 0 Å². The molecule has 0 radical (unpaired) electrons. The van der Waals surface area contributed by atoms with Crippen LogP contribution in [0.2, 0.25) is 0 Å². The van der Waals surface area contributed by atoms with E-state index in [4.69, 9.17) is 4.98 Å². The molecule has 0 N–H and O–H groups in total. The van der Waals surface area contributed by atoms with Gasteiger partial charge in [-0.05, 0) is 167 Å². The van der Waals surface area contributed by atoms with Crippen LogP contribution in [0.4, 0.5) is 0 Å². The van der Waals surface area contributed by atoms with Gasteiger partial charge in [0.15, 0.2) is 0 Å². The molecule has 21 aromatic rings. The smallest absolute Gasteiger partial charge is 0.205 e. The molecule has 2 aliphatic heterocycles. The third-order valence-corrected chi connectivity index (χ3v) is 28.5. The summed E-state index contributed by atoms with van der Waals surface area (Å²) in [4.78, 5) is 5.75. The summed E-state index contributed by atoms with van der Waals surface area (Å²) < 4.78 is 10.1. The Morgan fingerprint density at radius 1 is 0.239 bits per heavy atom. The molecule has 7 heteroatoms. The molecule has 16 aromatic carbocycles. The van der Waals surface area contributed by atoms with Crippen LogP contribution in [0.1, 0.15) is 5.56 Å². The van der Waals surface area contributed by atoms with E-state index in [9.17, 15) is 5.26 Å². The van der Waals surface area contributed by atoms with Crippen LogP contribution in [0.25, 0.3) is 188 Å². The number of aromatic nitrogens is 5. The number of hydrogen-bond donors (Lipinski definition) is 0. The number of pyridine rings is 1. The minimum absolute atomic E-state index is 0.498. The molecule has 0 atom stereocenters. The number of nitriles is 1. The zero-order valence-corrected chi connectivity index (χ0v) is 60.0. The van der Waals surface area contributed by atoms with E-state index in [1.54, 1.807) is 0 Å². The Morgan fingerprint density at radius 3 is 0.917 bits per heavy atom. The minimum atomic E-state index is -3.55. The lowest BCUT2D eigenvalue weighted by atomic mass is 9.91. The average molecular weight is 1400 g/mol. The molecule has 23 rings (SSSR count). The molecule has 0 fully saturated rings. The molecular formula is C102H62N6Si. The van der Waals surface area contributed by atoms with E-state index >= 15 is 0 Å². The van der Waals surface area contributed by atoms with E-state index in [2.05, 4.69) is 394 Å².